The summed E-state index contributed by atoms with van der Waals surface area (Å²) in [6, 6.07) is 19.9. The summed E-state index contributed by atoms with van der Waals surface area (Å²) in [5.41, 5.74) is 10.1. The molecule has 0 N–H and O–H groups in total. The number of hydrogen-bond acceptors (Lipinski definition) is 0. The van der Waals surface area contributed by atoms with E-state index in [4.69, 9.17) is 0 Å². The van der Waals surface area contributed by atoms with Crippen LogP contribution in [0.3, 0.4) is 0 Å². The van der Waals surface area contributed by atoms with Gasteiger partial charge in [-0.3, -0.25) is 0 Å². The van der Waals surface area contributed by atoms with Crippen molar-refractivity contribution in [3.8, 4) is 11.1 Å². The quantitative estimate of drug-likeness (QED) is 0.388. The third-order valence-corrected chi connectivity index (χ3v) is 13.0. The lowest BCUT2D eigenvalue weighted by molar-refractivity contribution is -0.152. The highest BCUT2D eigenvalue weighted by Crippen LogP contribution is 2.75. The average molecular weight is 507 g/mol. The van der Waals surface area contributed by atoms with Crippen molar-refractivity contribution < 1.29 is 0 Å². The van der Waals surface area contributed by atoms with Crippen LogP contribution in [-0.4, -0.2) is 0 Å². The van der Waals surface area contributed by atoms with Gasteiger partial charge in [-0.1, -0.05) is 90.1 Å². The van der Waals surface area contributed by atoms with E-state index in [2.05, 4.69) is 90.1 Å². The van der Waals surface area contributed by atoms with E-state index in [1.165, 1.54) is 88.2 Å². The van der Waals surface area contributed by atoms with Crippen LogP contribution in [0.15, 0.2) is 48.5 Å². The predicted octanol–water partition coefficient (Wildman–Crippen LogP) is 10.6. The molecule has 0 unspecified atom stereocenters. The van der Waals surface area contributed by atoms with Crippen LogP contribution in [-0.2, 0) is 10.8 Å². The summed E-state index contributed by atoms with van der Waals surface area (Å²) in [5.74, 6) is 0. The topological polar surface area (TPSA) is 0 Å². The third kappa shape index (κ3) is 3.40. The molecule has 8 aliphatic rings. The van der Waals surface area contributed by atoms with Crippen LogP contribution in [0.2, 0.25) is 0 Å². The van der Waals surface area contributed by atoms with Crippen LogP contribution in [0.25, 0.3) is 11.1 Å². The molecule has 8 bridgehead atoms. The monoisotopic (exact) mass is 506 g/mol. The van der Waals surface area contributed by atoms with Crippen molar-refractivity contribution in [2.45, 2.75) is 129 Å². The Bertz CT molecular complexity index is 1100. The Morgan fingerprint density at radius 2 is 0.526 bits per heavy atom. The lowest BCUT2D eigenvalue weighted by atomic mass is 9.35. The summed E-state index contributed by atoms with van der Waals surface area (Å²) in [6.45, 7) is 15.6. The van der Waals surface area contributed by atoms with E-state index in [9.17, 15) is 0 Å². The van der Waals surface area contributed by atoms with Gasteiger partial charge in [-0.2, -0.15) is 0 Å². The second-order valence-electron chi connectivity index (χ2n) is 18.7. The first-order valence-corrected chi connectivity index (χ1v) is 15.9. The molecule has 0 heterocycles. The molecule has 38 heavy (non-hydrogen) atoms. The summed E-state index contributed by atoms with van der Waals surface area (Å²) < 4.78 is 0. The van der Waals surface area contributed by atoms with Gasteiger partial charge in [0.1, 0.15) is 0 Å². The van der Waals surface area contributed by atoms with Crippen molar-refractivity contribution in [2.75, 3.05) is 0 Å². The van der Waals surface area contributed by atoms with Crippen molar-refractivity contribution >= 4 is 0 Å². The van der Waals surface area contributed by atoms with Gasteiger partial charge >= 0.3 is 0 Å². The summed E-state index contributed by atoms with van der Waals surface area (Å²) in [4.78, 5) is 0. The lowest BCUT2D eigenvalue weighted by Crippen LogP contribution is -2.60. The second-order valence-corrected chi connectivity index (χ2v) is 18.7. The molecule has 8 aliphatic carbocycles. The minimum atomic E-state index is 0.399. The van der Waals surface area contributed by atoms with Crippen molar-refractivity contribution in [3.63, 3.8) is 0 Å². The Hall–Kier alpha value is -1.56. The third-order valence-electron chi connectivity index (χ3n) is 13.0. The highest BCUT2D eigenvalue weighted by molar-refractivity contribution is 5.64. The molecule has 0 nitrogen and oxygen atoms in total. The molecule has 0 aromatic heterocycles. The van der Waals surface area contributed by atoms with E-state index in [0.717, 1.165) is 0 Å². The maximum Gasteiger partial charge on any atom is -0.00314 e. The zero-order chi connectivity index (χ0) is 26.5. The fourth-order valence-electron chi connectivity index (χ4n) is 15.2. The average Bonchev–Trinajstić information content (AvgIpc) is 2.73. The number of benzene rings is 2. The normalized spacial score (nSPS) is 52.1. The molecular formula is C38H50. The Morgan fingerprint density at radius 1 is 0.316 bits per heavy atom. The van der Waals surface area contributed by atoms with Gasteiger partial charge in [0.25, 0.3) is 0 Å². The van der Waals surface area contributed by atoms with E-state index in [1.807, 2.05) is 0 Å². The van der Waals surface area contributed by atoms with Crippen molar-refractivity contribution in [1.82, 2.24) is 0 Å². The molecule has 10 rings (SSSR count). The van der Waals surface area contributed by atoms with Crippen LogP contribution < -0.4 is 0 Å². The van der Waals surface area contributed by atoms with Crippen LogP contribution in [0, 0.1) is 32.5 Å². The summed E-state index contributed by atoms with van der Waals surface area (Å²) in [6.07, 6.45) is 17.1. The Kier molecular flexibility index (Phi) is 4.36. The van der Waals surface area contributed by atoms with Gasteiger partial charge in [-0.25, -0.2) is 0 Å². The van der Waals surface area contributed by atoms with Gasteiger partial charge in [0.15, 0.2) is 0 Å². The van der Waals surface area contributed by atoms with Crippen molar-refractivity contribution in [1.29, 1.82) is 0 Å². The molecule has 202 valence electrons. The van der Waals surface area contributed by atoms with Crippen molar-refractivity contribution in [2.24, 2.45) is 32.5 Å². The van der Waals surface area contributed by atoms with Crippen molar-refractivity contribution in [3.05, 3.63) is 59.7 Å². The smallest absolute Gasteiger partial charge is 0.00314 e. The van der Waals surface area contributed by atoms with Crippen LogP contribution >= 0.6 is 0 Å². The maximum absolute atomic E-state index is 2.61. The molecule has 0 saturated heterocycles. The fraction of sp³-hybridized carbons (Fsp3) is 0.684. The molecule has 0 spiro atoms. The van der Waals surface area contributed by atoms with Gasteiger partial charge in [0, 0.05) is 0 Å². The van der Waals surface area contributed by atoms with Gasteiger partial charge in [-0.15, -0.1) is 0 Å². The molecular weight excluding hydrogens is 456 g/mol. The first kappa shape index (κ1) is 24.3. The van der Waals surface area contributed by atoms with Gasteiger partial charge < -0.3 is 0 Å². The van der Waals surface area contributed by atoms with E-state index in [0.29, 0.717) is 43.3 Å². The highest BCUT2D eigenvalue weighted by Gasteiger charge is 2.65. The van der Waals surface area contributed by atoms with Gasteiger partial charge in [-0.05, 0) is 143 Å². The molecule has 0 heteroatoms. The molecule has 8 saturated carbocycles. The van der Waals surface area contributed by atoms with Gasteiger partial charge in [0.2, 0.25) is 0 Å². The van der Waals surface area contributed by atoms with E-state index >= 15 is 0 Å². The number of rotatable bonds is 3. The Labute approximate surface area is 232 Å². The molecule has 0 aliphatic heterocycles. The molecule has 8 fully saturated rings. The minimum absolute atomic E-state index is 0.399. The SMILES string of the molecule is CC12CC3(C)CC(C)(C1)CC(c1ccc(-c4ccc(C56CC7(C)CC(C)(CC(C)(C7)C5)C6)cc4)cc1)(C2)C3. The molecule has 2 aromatic rings. The zero-order valence-corrected chi connectivity index (χ0v) is 25.1. The number of hydrogen-bond donors (Lipinski definition) is 0. The van der Waals surface area contributed by atoms with E-state index in [-0.39, 0.29) is 0 Å². The Morgan fingerprint density at radius 3 is 0.737 bits per heavy atom. The highest BCUT2D eigenvalue weighted by atomic mass is 14.7. The molecule has 0 atom stereocenters. The fourth-order valence-corrected chi connectivity index (χ4v) is 15.2. The lowest BCUT2D eigenvalue weighted by Gasteiger charge is -2.69. The molecule has 0 radical (unpaired) electrons. The largest absolute Gasteiger partial charge is 0.0596 e. The second kappa shape index (κ2) is 6.83. The van der Waals surface area contributed by atoms with E-state index < -0.39 is 0 Å². The maximum atomic E-state index is 2.61. The van der Waals surface area contributed by atoms with Crippen LogP contribution in [0.4, 0.5) is 0 Å². The Balaban J connectivity index is 1.08. The predicted molar refractivity (Wildman–Crippen MR) is 159 cm³/mol. The minimum Gasteiger partial charge on any atom is -0.0596 e. The van der Waals surface area contributed by atoms with Crippen LogP contribution in [0.1, 0.15) is 130 Å². The standard InChI is InChI=1S/C38H50/c1-31-15-32(2)17-33(3,16-31)23-37(21-31,22-32)29-11-7-27(8-12-29)28-9-13-30(14-10-28)38-24-34(4)18-35(5,25-38)20-36(6,19-34)26-38/h7-14H,15-26H2,1-6H3. The summed E-state index contributed by atoms with van der Waals surface area (Å²) in [5, 5.41) is 0. The first-order valence-electron chi connectivity index (χ1n) is 15.9. The first-order chi connectivity index (χ1) is 17.7. The molecule has 2 aromatic carbocycles. The zero-order valence-electron chi connectivity index (χ0n) is 25.1. The summed E-state index contributed by atoms with van der Waals surface area (Å²) in [7, 11) is 0. The summed E-state index contributed by atoms with van der Waals surface area (Å²) >= 11 is 0. The van der Waals surface area contributed by atoms with E-state index in [1.54, 1.807) is 11.1 Å². The molecule has 0 amide bonds. The van der Waals surface area contributed by atoms with Crippen LogP contribution in [0.5, 0.6) is 0 Å². The van der Waals surface area contributed by atoms with Gasteiger partial charge in [0.05, 0.1) is 0 Å².